The Bertz CT molecular complexity index is 4250. The standard InChI is InChI=1S/C74H51N/c1-74(58-24-9-4-10-25-58)70-31-16-15-28-66(70)67-47-45-61(49-71(67)74)75(59-41-36-51(37-42-59)50-32-34-54(35-33-50)63-30-17-23-53-18-11-12-26-62(53)63)60-43-38-52(39-44-60)57-40-46-65-64-27-13-14-29-68(64)72(55-19-5-2-6-20-55)73(69(65)48-57)56-21-7-3-8-22-56/h2-49H,1H3. The molecule has 0 saturated carbocycles. The van der Waals surface area contributed by atoms with Gasteiger partial charge in [0.2, 0.25) is 0 Å². The lowest BCUT2D eigenvalue weighted by Gasteiger charge is -2.31. The van der Waals surface area contributed by atoms with E-state index in [0.717, 1.165) is 22.6 Å². The Morgan fingerprint density at radius 1 is 0.253 bits per heavy atom. The molecule has 0 saturated heterocycles. The van der Waals surface area contributed by atoms with Crippen molar-refractivity contribution in [1.82, 2.24) is 0 Å². The van der Waals surface area contributed by atoms with Crippen LogP contribution in [0.5, 0.6) is 0 Å². The Labute approximate surface area is 438 Å². The summed E-state index contributed by atoms with van der Waals surface area (Å²) in [6, 6.07) is 107. The summed E-state index contributed by atoms with van der Waals surface area (Å²) in [6.07, 6.45) is 0. The molecule has 75 heavy (non-hydrogen) atoms. The maximum absolute atomic E-state index is 2.44. The molecule has 1 unspecified atom stereocenters. The van der Waals surface area contributed by atoms with Crippen molar-refractivity contribution >= 4 is 49.4 Å². The van der Waals surface area contributed by atoms with Gasteiger partial charge in [-0.05, 0) is 165 Å². The highest BCUT2D eigenvalue weighted by Gasteiger charge is 2.41. The van der Waals surface area contributed by atoms with Gasteiger partial charge in [-0.3, -0.25) is 0 Å². The molecular weight excluding hydrogens is 903 g/mol. The predicted molar refractivity (Wildman–Crippen MR) is 318 cm³/mol. The van der Waals surface area contributed by atoms with Gasteiger partial charge in [-0.2, -0.15) is 0 Å². The maximum Gasteiger partial charge on any atom is 0.0465 e. The molecule has 352 valence electrons. The predicted octanol–water partition coefficient (Wildman–Crippen LogP) is 20.3. The summed E-state index contributed by atoms with van der Waals surface area (Å²) in [5, 5.41) is 7.53. The zero-order valence-corrected chi connectivity index (χ0v) is 41.7. The van der Waals surface area contributed by atoms with E-state index in [9.17, 15) is 0 Å². The summed E-state index contributed by atoms with van der Waals surface area (Å²) < 4.78 is 0. The van der Waals surface area contributed by atoms with Crippen molar-refractivity contribution in [1.29, 1.82) is 0 Å². The molecule has 0 amide bonds. The van der Waals surface area contributed by atoms with Gasteiger partial charge in [0.1, 0.15) is 0 Å². The van der Waals surface area contributed by atoms with Crippen LogP contribution in [-0.2, 0) is 5.41 Å². The molecule has 0 N–H and O–H groups in total. The molecule has 13 aromatic carbocycles. The van der Waals surface area contributed by atoms with Gasteiger partial charge in [0.25, 0.3) is 0 Å². The van der Waals surface area contributed by atoms with Crippen molar-refractivity contribution < 1.29 is 0 Å². The topological polar surface area (TPSA) is 3.24 Å². The molecule has 13 aromatic rings. The largest absolute Gasteiger partial charge is 0.310 e. The molecule has 0 radical (unpaired) electrons. The van der Waals surface area contributed by atoms with Crippen LogP contribution in [0.25, 0.3) is 99.1 Å². The summed E-state index contributed by atoms with van der Waals surface area (Å²) >= 11 is 0. The molecule has 0 aliphatic heterocycles. The van der Waals surface area contributed by atoms with Crippen molar-refractivity contribution in [3.63, 3.8) is 0 Å². The Morgan fingerprint density at radius 3 is 1.39 bits per heavy atom. The highest BCUT2D eigenvalue weighted by Crippen LogP contribution is 2.54. The Balaban J connectivity index is 0.888. The number of hydrogen-bond donors (Lipinski definition) is 0. The van der Waals surface area contributed by atoms with Crippen LogP contribution in [0.1, 0.15) is 23.6 Å². The highest BCUT2D eigenvalue weighted by molar-refractivity contribution is 6.22. The SMILES string of the molecule is CC1(c2ccccc2)c2ccccc2-c2ccc(N(c3ccc(-c4ccc(-c5cccc6ccccc56)cc4)cc3)c3ccc(-c4ccc5c(c4)c(-c4ccccc4)c(-c4ccccc4)c4ccccc45)cc3)cc21. The molecule has 0 bridgehead atoms. The van der Waals surface area contributed by atoms with Gasteiger partial charge in [0.15, 0.2) is 0 Å². The fourth-order valence-electron chi connectivity index (χ4n) is 12.3. The lowest BCUT2D eigenvalue weighted by atomic mass is 9.74. The van der Waals surface area contributed by atoms with E-state index < -0.39 is 0 Å². The van der Waals surface area contributed by atoms with Crippen LogP contribution in [0.15, 0.2) is 291 Å². The minimum atomic E-state index is -0.332. The molecular formula is C74H51N. The third kappa shape index (κ3) is 7.47. The van der Waals surface area contributed by atoms with E-state index >= 15 is 0 Å². The van der Waals surface area contributed by atoms with Crippen LogP contribution in [-0.4, -0.2) is 0 Å². The molecule has 14 rings (SSSR count). The number of rotatable bonds is 9. The zero-order chi connectivity index (χ0) is 49.9. The smallest absolute Gasteiger partial charge is 0.0465 e. The summed E-state index contributed by atoms with van der Waals surface area (Å²) in [6.45, 7) is 2.40. The fraction of sp³-hybridized carbons (Fsp3) is 0.0270. The van der Waals surface area contributed by atoms with E-state index in [4.69, 9.17) is 0 Å². The molecule has 0 aromatic heterocycles. The molecule has 1 aliphatic carbocycles. The monoisotopic (exact) mass is 953 g/mol. The molecule has 0 heterocycles. The van der Waals surface area contributed by atoms with Crippen LogP contribution in [0.3, 0.4) is 0 Å². The van der Waals surface area contributed by atoms with Gasteiger partial charge in [0, 0.05) is 22.5 Å². The van der Waals surface area contributed by atoms with E-state index in [2.05, 4.69) is 303 Å². The van der Waals surface area contributed by atoms with Gasteiger partial charge >= 0.3 is 0 Å². The quantitative estimate of drug-likeness (QED) is 0.130. The molecule has 1 aliphatic rings. The van der Waals surface area contributed by atoms with Crippen LogP contribution in [0.4, 0.5) is 17.1 Å². The van der Waals surface area contributed by atoms with Gasteiger partial charge in [-0.1, -0.05) is 249 Å². The zero-order valence-electron chi connectivity index (χ0n) is 41.7. The van der Waals surface area contributed by atoms with Crippen LogP contribution >= 0.6 is 0 Å². The van der Waals surface area contributed by atoms with E-state index in [0.29, 0.717) is 0 Å². The van der Waals surface area contributed by atoms with Crippen LogP contribution in [0.2, 0.25) is 0 Å². The van der Waals surface area contributed by atoms with E-state index in [-0.39, 0.29) is 5.41 Å². The van der Waals surface area contributed by atoms with Gasteiger partial charge in [-0.25, -0.2) is 0 Å². The lowest BCUT2D eigenvalue weighted by molar-refractivity contribution is 0.714. The summed E-state index contributed by atoms with van der Waals surface area (Å²) in [7, 11) is 0. The van der Waals surface area contributed by atoms with Crippen molar-refractivity contribution in [2.75, 3.05) is 4.90 Å². The first-order valence-corrected chi connectivity index (χ1v) is 26.1. The minimum absolute atomic E-state index is 0.332. The normalized spacial score (nSPS) is 13.7. The number of hydrogen-bond acceptors (Lipinski definition) is 1. The molecule has 0 spiro atoms. The van der Waals surface area contributed by atoms with Crippen LogP contribution in [0, 0.1) is 0 Å². The average Bonchev–Trinajstić information content (AvgIpc) is 3.78. The summed E-state index contributed by atoms with van der Waals surface area (Å²) in [4.78, 5) is 2.43. The first-order chi connectivity index (χ1) is 37.1. The van der Waals surface area contributed by atoms with Gasteiger partial charge < -0.3 is 4.90 Å². The number of fused-ring (bicyclic) bond motifs is 7. The second-order valence-corrected chi connectivity index (χ2v) is 20.1. The lowest BCUT2D eigenvalue weighted by Crippen LogP contribution is -2.22. The molecule has 1 heteroatoms. The third-order valence-corrected chi connectivity index (χ3v) is 16.0. The van der Waals surface area contributed by atoms with E-state index in [1.54, 1.807) is 0 Å². The second-order valence-electron chi connectivity index (χ2n) is 20.1. The summed E-state index contributed by atoms with van der Waals surface area (Å²) in [5.74, 6) is 0. The van der Waals surface area contributed by atoms with Crippen molar-refractivity contribution in [2.24, 2.45) is 0 Å². The van der Waals surface area contributed by atoms with Crippen molar-refractivity contribution in [3.05, 3.63) is 308 Å². The first-order valence-electron chi connectivity index (χ1n) is 26.1. The number of benzene rings is 13. The molecule has 1 atom stereocenters. The third-order valence-electron chi connectivity index (χ3n) is 16.0. The van der Waals surface area contributed by atoms with E-state index in [1.807, 2.05) is 0 Å². The second kappa shape index (κ2) is 18.2. The first kappa shape index (κ1) is 44.2. The van der Waals surface area contributed by atoms with E-state index in [1.165, 1.54) is 110 Å². The van der Waals surface area contributed by atoms with Crippen molar-refractivity contribution in [2.45, 2.75) is 12.3 Å². The molecule has 1 nitrogen and oxygen atoms in total. The Kier molecular flexibility index (Phi) is 10.7. The average molecular weight is 954 g/mol. The summed E-state index contributed by atoms with van der Waals surface area (Å²) in [5.41, 5.74) is 21.6. The van der Waals surface area contributed by atoms with Crippen molar-refractivity contribution in [3.8, 4) is 66.8 Å². The number of anilines is 3. The van der Waals surface area contributed by atoms with Gasteiger partial charge in [0.05, 0.1) is 0 Å². The highest BCUT2D eigenvalue weighted by atomic mass is 15.1. The van der Waals surface area contributed by atoms with Gasteiger partial charge in [-0.15, -0.1) is 0 Å². The minimum Gasteiger partial charge on any atom is -0.310 e. The Morgan fingerprint density at radius 2 is 0.707 bits per heavy atom. The fourth-order valence-corrected chi connectivity index (χ4v) is 12.3. The van der Waals surface area contributed by atoms with Crippen LogP contribution < -0.4 is 4.90 Å². The molecule has 0 fully saturated rings. The maximum atomic E-state index is 2.44. The number of nitrogens with zero attached hydrogens (tertiary/aromatic N) is 1. The Hall–Kier alpha value is -9.56.